The molecule has 2 aromatic rings. The van der Waals surface area contributed by atoms with Gasteiger partial charge in [0.2, 0.25) is 0 Å². The van der Waals surface area contributed by atoms with Crippen LogP contribution >= 0.6 is 11.3 Å². The summed E-state index contributed by atoms with van der Waals surface area (Å²) >= 11 is 1.47. The zero-order valence-corrected chi connectivity index (χ0v) is 15.6. The highest BCUT2D eigenvalue weighted by Gasteiger charge is 2.27. The second-order valence-electron chi connectivity index (χ2n) is 6.64. The van der Waals surface area contributed by atoms with Crippen molar-refractivity contribution in [3.8, 4) is 0 Å². The summed E-state index contributed by atoms with van der Waals surface area (Å²) in [6, 6.07) is 5.18. The summed E-state index contributed by atoms with van der Waals surface area (Å²) in [5.41, 5.74) is 1.23. The maximum absolute atomic E-state index is 12.3. The van der Waals surface area contributed by atoms with Gasteiger partial charge < -0.3 is 19.0 Å². The van der Waals surface area contributed by atoms with Crippen LogP contribution in [0.5, 0.6) is 0 Å². The lowest BCUT2D eigenvalue weighted by Crippen LogP contribution is -2.51. The SMILES string of the molecule is O=C(OCC(=O)N1CCN(C(=O)c2ccco2)CC1)c1cc2c(s1)CCC2. The van der Waals surface area contributed by atoms with Gasteiger partial charge in [-0.15, -0.1) is 11.3 Å². The van der Waals surface area contributed by atoms with E-state index in [2.05, 4.69) is 0 Å². The van der Waals surface area contributed by atoms with E-state index in [1.807, 2.05) is 6.07 Å². The number of carbonyl (C=O) groups excluding carboxylic acids is 3. The Morgan fingerprint density at radius 3 is 2.59 bits per heavy atom. The first-order valence-corrected chi connectivity index (χ1v) is 9.83. The lowest BCUT2D eigenvalue weighted by atomic mass is 10.2. The molecule has 142 valence electrons. The molecule has 0 aromatic carbocycles. The van der Waals surface area contributed by atoms with E-state index in [-0.39, 0.29) is 18.4 Å². The topological polar surface area (TPSA) is 80.1 Å². The Kier molecular flexibility index (Phi) is 4.98. The van der Waals surface area contributed by atoms with Gasteiger partial charge in [-0.05, 0) is 43.0 Å². The fourth-order valence-corrected chi connectivity index (χ4v) is 4.58. The van der Waals surface area contributed by atoms with Crippen LogP contribution in [0.4, 0.5) is 0 Å². The highest BCUT2D eigenvalue weighted by Crippen LogP contribution is 2.30. The third kappa shape index (κ3) is 3.75. The van der Waals surface area contributed by atoms with Crippen molar-refractivity contribution in [2.24, 2.45) is 0 Å². The van der Waals surface area contributed by atoms with E-state index in [9.17, 15) is 14.4 Å². The van der Waals surface area contributed by atoms with Gasteiger partial charge in [0.1, 0.15) is 4.88 Å². The molecule has 3 heterocycles. The third-order valence-electron chi connectivity index (χ3n) is 4.93. The van der Waals surface area contributed by atoms with Crippen LogP contribution in [0.1, 0.15) is 37.1 Å². The number of piperazine rings is 1. The molecule has 0 N–H and O–H groups in total. The van der Waals surface area contributed by atoms with Crippen LogP contribution in [0.3, 0.4) is 0 Å². The van der Waals surface area contributed by atoms with Gasteiger partial charge in [-0.2, -0.15) is 0 Å². The zero-order valence-electron chi connectivity index (χ0n) is 14.8. The number of esters is 1. The number of carbonyl (C=O) groups is 3. The predicted molar refractivity (Wildman–Crippen MR) is 97.8 cm³/mol. The molecule has 0 unspecified atom stereocenters. The van der Waals surface area contributed by atoms with Crippen LogP contribution in [0.15, 0.2) is 28.9 Å². The average Bonchev–Trinajstić information content (AvgIpc) is 3.42. The minimum absolute atomic E-state index is 0.177. The standard InChI is InChI=1S/C19H20N2O5S/c22-17(12-26-19(24)16-11-13-3-1-5-15(13)27-16)20-6-8-21(9-7-20)18(23)14-4-2-10-25-14/h2,4,10-11H,1,3,5-9,12H2. The number of rotatable bonds is 4. The molecule has 7 nitrogen and oxygen atoms in total. The molecule has 0 atom stereocenters. The van der Waals surface area contributed by atoms with Gasteiger partial charge in [0, 0.05) is 31.1 Å². The number of hydrogen-bond donors (Lipinski definition) is 0. The molecule has 0 spiro atoms. The minimum atomic E-state index is -0.436. The average molecular weight is 388 g/mol. The molecule has 4 rings (SSSR count). The number of furan rings is 1. The number of ether oxygens (including phenoxy) is 1. The number of nitrogens with zero attached hydrogens (tertiary/aromatic N) is 2. The molecule has 2 aromatic heterocycles. The van der Waals surface area contributed by atoms with Crippen LogP contribution < -0.4 is 0 Å². The Balaban J connectivity index is 1.24. The van der Waals surface area contributed by atoms with Gasteiger partial charge >= 0.3 is 5.97 Å². The molecule has 2 aliphatic rings. The van der Waals surface area contributed by atoms with Crippen LogP contribution in [0.2, 0.25) is 0 Å². The molecule has 1 aliphatic carbocycles. The minimum Gasteiger partial charge on any atom is -0.459 e. The molecular weight excluding hydrogens is 368 g/mol. The van der Waals surface area contributed by atoms with E-state index in [1.54, 1.807) is 21.9 Å². The van der Waals surface area contributed by atoms with Crippen molar-refractivity contribution in [2.45, 2.75) is 19.3 Å². The van der Waals surface area contributed by atoms with Gasteiger partial charge in [0.25, 0.3) is 11.8 Å². The number of thiophene rings is 1. The second kappa shape index (κ2) is 7.56. The molecule has 1 saturated heterocycles. The van der Waals surface area contributed by atoms with Gasteiger partial charge in [0.15, 0.2) is 12.4 Å². The fraction of sp³-hybridized carbons (Fsp3) is 0.421. The molecule has 2 amide bonds. The summed E-state index contributed by atoms with van der Waals surface area (Å²) in [5.74, 6) is -0.553. The Hall–Kier alpha value is -2.61. The summed E-state index contributed by atoms with van der Waals surface area (Å²) < 4.78 is 10.3. The van der Waals surface area contributed by atoms with Gasteiger partial charge in [-0.3, -0.25) is 9.59 Å². The van der Waals surface area contributed by atoms with Crippen LogP contribution in [0.25, 0.3) is 0 Å². The number of fused-ring (bicyclic) bond motifs is 1. The van der Waals surface area contributed by atoms with Gasteiger partial charge in [-0.25, -0.2) is 4.79 Å². The normalized spacial score (nSPS) is 16.3. The molecular formula is C19H20N2O5S. The first-order chi connectivity index (χ1) is 13.1. The first kappa shape index (κ1) is 17.8. The van der Waals surface area contributed by atoms with Gasteiger partial charge in [0.05, 0.1) is 6.26 Å². The lowest BCUT2D eigenvalue weighted by Gasteiger charge is -2.34. The molecule has 1 aliphatic heterocycles. The largest absolute Gasteiger partial charge is 0.459 e. The molecule has 8 heteroatoms. The Morgan fingerprint density at radius 1 is 1.11 bits per heavy atom. The molecule has 0 saturated carbocycles. The second-order valence-corrected chi connectivity index (χ2v) is 7.78. The maximum Gasteiger partial charge on any atom is 0.348 e. The van der Waals surface area contributed by atoms with Crippen molar-refractivity contribution in [1.82, 2.24) is 9.80 Å². The zero-order chi connectivity index (χ0) is 18.8. The van der Waals surface area contributed by atoms with E-state index >= 15 is 0 Å². The van der Waals surface area contributed by atoms with E-state index < -0.39 is 5.97 Å². The smallest absolute Gasteiger partial charge is 0.348 e. The predicted octanol–water partition coefficient (Wildman–Crippen LogP) is 1.97. The van der Waals surface area contributed by atoms with E-state index in [1.165, 1.54) is 28.0 Å². The van der Waals surface area contributed by atoms with Crippen LogP contribution in [-0.4, -0.2) is 60.4 Å². The van der Waals surface area contributed by atoms with E-state index in [0.717, 1.165) is 19.3 Å². The third-order valence-corrected chi connectivity index (χ3v) is 6.14. The summed E-state index contributed by atoms with van der Waals surface area (Å²) in [6.45, 7) is 1.41. The summed E-state index contributed by atoms with van der Waals surface area (Å²) in [6.07, 6.45) is 4.64. The number of aryl methyl sites for hydroxylation is 2. The van der Waals surface area contributed by atoms with E-state index in [4.69, 9.17) is 9.15 Å². The van der Waals surface area contributed by atoms with Crippen molar-refractivity contribution in [1.29, 1.82) is 0 Å². The Labute approximate surface area is 160 Å². The van der Waals surface area contributed by atoms with Crippen molar-refractivity contribution in [2.75, 3.05) is 32.8 Å². The summed E-state index contributed by atoms with van der Waals surface area (Å²) in [7, 11) is 0. The molecule has 0 bridgehead atoms. The Bertz CT molecular complexity index is 828. The monoisotopic (exact) mass is 388 g/mol. The van der Waals surface area contributed by atoms with E-state index in [0.29, 0.717) is 36.8 Å². The fourth-order valence-electron chi connectivity index (χ4n) is 3.43. The first-order valence-electron chi connectivity index (χ1n) is 9.01. The maximum atomic E-state index is 12.3. The quantitative estimate of drug-likeness (QED) is 0.748. The summed E-state index contributed by atoms with van der Waals surface area (Å²) in [5, 5.41) is 0. The highest BCUT2D eigenvalue weighted by atomic mass is 32.1. The molecule has 1 fully saturated rings. The molecule has 27 heavy (non-hydrogen) atoms. The number of hydrogen-bond acceptors (Lipinski definition) is 6. The van der Waals surface area contributed by atoms with Crippen LogP contribution in [-0.2, 0) is 22.4 Å². The van der Waals surface area contributed by atoms with Crippen molar-refractivity contribution in [3.63, 3.8) is 0 Å². The summed E-state index contributed by atoms with van der Waals surface area (Å²) in [4.78, 5) is 41.8. The van der Waals surface area contributed by atoms with Crippen molar-refractivity contribution >= 4 is 29.1 Å². The highest BCUT2D eigenvalue weighted by molar-refractivity contribution is 7.14. The van der Waals surface area contributed by atoms with Crippen LogP contribution in [0, 0.1) is 0 Å². The lowest BCUT2D eigenvalue weighted by molar-refractivity contribution is -0.136. The Morgan fingerprint density at radius 2 is 1.89 bits per heavy atom. The molecule has 0 radical (unpaired) electrons. The van der Waals surface area contributed by atoms with Gasteiger partial charge in [-0.1, -0.05) is 0 Å². The van der Waals surface area contributed by atoms with Crippen molar-refractivity contribution < 1.29 is 23.5 Å². The number of amides is 2. The van der Waals surface area contributed by atoms with Crippen molar-refractivity contribution in [3.05, 3.63) is 45.5 Å².